The van der Waals surface area contributed by atoms with Crippen LogP contribution >= 0.6 is 0 Å². The predicted molar refractivity (Wildman–Crippen MR) is 171 cm³/mol. The van der Waals surface area contributed by atoms with Crippen LogP contribution in [0.15, 0.2) is 18.2 Å². The molecule has 3 aliphatic heterocycles. The number of aliphatic hydroxyl groups is 4. The number of hydrogen-bond donors (Lipinski definition) is 4. The van der Waals surface area contributed by atoms with Crippen molar-refractivity contribution in [1.82, 2.24) is 0 Å². The topological polar surface area (TPSA) is 206 Å². The van der Waals surface area contributed by atoms with Crippen molar-refractivity contribution in [3.63, 3.8) is 0 Å². The SMILES string of the molecule is CO[C@H]1[C@H](C)[C@@H]2C[C@H](O[C@@H]3O[C@H](CO)[C@@H](O)[C@H](O)[C@H]3O)O[C@@H]3C[C@H]4CC[C@H](OC(C)=O)C(=O)[C@]4(C)[C@@H]([C@@H]1OC(=O)c1ccc4c(c1)OCO4)[C@@]32C. The smallest absolute Gasteiger partial charge is 0.338 e. The highest BCUT2D eigenvalue weighted by molar-refractivity contribution is 5.93. The third-order valence-corrected chi connectivity index (χ3v) is 12.9. The van der Waals surface area contributed by atoms with E-state index in [9.17, 15) is 34.8 Å². The average Bonchev–Trinajstić information content (AvgIpc) is 3.57. The van der Waals surface area contributed by atoms with Crippen LogP contribution in [0.2, 0.25) is 0 Å². The van der Waals surface area contributed by atoms with E-state index >= 15 is 0 Å². The van der Waals surface area contributed by atoms with E-state index in [1.165, 1.54) is 14.0 Å². The van der Waals surface area contributed by atoms with Crippen molar-refractivity contribution in [2.75, 3.05) is 20.5 Å². The molecule has 1 aromatic rings. The normalized spacial score (nSPS) is 45.7. The molecule has 0 bridgehead atoms. The van der Waals surface area contributed by atoms with Crippen LogP contribution in [0.5, 0.6) is 11.5 Å². The second-order valence-electron chi connectivity index (χ2n) is 15.3. The molecule has 0 spiro atoms. The van der Waals surface area contributed by atoms with Gasteiger partial charge in [0.25, 0.3) is 0 Å². The molecular formula is C36H48O15. The number of carbonyl (C=O) groups is 3. The molecule has 16 atom stereocenters. The Balaban J connectivity index is 1.26. The van der Waals surface area contributed by atoms with Gasteiger partial charge in [-0.2, -0.15) is 0 Å². The Labute approximate surface area is 295 Å². The number of rotatable bonds is 7. The number of esters is 2. The van der Waals surface area contributed by atoms with Gasteiger partial charge in [-0.25, -0.2) is 4.79 Å². The zero-order valence-corrected chi connectivity index (χ0v) is 29.3. The molecule has 0 aromatic heterocycles. The number of fused-ring (bicyclic) bond motifs is 3. The summed E-state index contributed by atoms with van der Waals surface area (Å²) in [6.07, 6.45) is -9.84. The first-order valence-electron chi connectivity index (χ1n) is 17.7. The van der Waals surface area contributed by atoms with Crippen LogP contribution < -0.4 is 9.47 Å². The first-order valence-corrected chi connectivity index (χ1v) is 17.7. The second kappa shape index (κ2) is 13.5. The number of aliphatic hydroxyl groups excluding tert-OH is 4. The molecule has 3 aliphatic carbocycles. The van der Waals surface area contributed by atoms with Gasteiger partial charge in [-0.15, -0.1) is 0 Å². The van der Waals surface area contributed by atoms with E-state index < -0.39 is 96.7 Å². The second-order valence-corrected chi connectivity index (χ2v) is 15.3. The molecular weight excluding hydrogens is 672 g/mol. The van der Waals surface area contributed by atoms with Crippen molar-refractivity contribution in [2.24, 2.45) is 34.5 Å². The lowest BCUT2D eigenvalue weighted by Crippen LogP contribution is -2.75. The lowest BCUT2D eigenvalue weighted by atomic mass is 9.38. The number of ketones is 1. The van der Waals surface area contributed by atoms with Gasteiger partial charge < -0.3 is 58.3 Å². The molecule has 0 amide bonds. The van der Waals surface area contributed by atoms with Crippen LogP contribution in [0.25, 0.3) is 0 Å². The quantitative estimate of drug-likeness (QED) is 0.291. The minimum absolute atomic E-state index is 0.0371. The van der Waals surface area contributed by atoms with Crippen molar-refractivity contribution in [3.8, 4) is 11.5 Å². The highest BCUT2D eigenvalue weighted by atomic mass is 16.8. The molecule has 3 saturated carbocycles. The summed E-state index contributed by atoms with van der Waals surface area (Å²) in [6, 6.07) is 4.79. The molecule has 4 N–H and O–H groups in total. The van der Waals surface area contributed by atoms with Crippen LogP contribution in [0.1, 0.15) is 63.7 Å². The average molecular weight is 721 g/mol. The van der Waals surface area contributed by atoms with Gasteiger partial charge in [-0.05, 0) is 55.2 Å². The molecule has 3 heterocycles. The van der Waals surface area contributed by atoms with Crippen molar-refractivity contribution in [2.45, 2.75) is 115 Å². The van der Waals surface area contributed by atoms with E-state index in [2.05, 4.69) is 0 Å². The van der Waals surface area contributed by atoms with E-state index in [-0.39, 0.29) is 42.3 Å². The monoisotopic (exact) mass is 720 g/mol. The fourth-order valence-electron chi connectivity index (χ4n) is 10.5. The molecule has 15 nitrogen and oxygen atoms in total. The Hall–Kier alpha value is -2.89. The number of Topliss-reactive ketones (excluding diaryl/α,β-unsaturated/α-hetero) is 1. The zero-order chi connectivity index (χ0) is 36.6. The van der Waals surface area contributed by atoms with Crippen LogP contribution in [0.4, 0.5) is 0 Å². The van der Waals surface area contributed by atoms with Gasteiger partial charge in [0, 0.05) is 37.2 Å². The Morgan fingerprint density at radius 3 is 2.41 bits per heavy atom. The fraction of sp³-hybridized carbons (Fsp3) is 0.750. The maximum absolute atomic E-state index is 14.7. The summed E-state index contributed by atoms with van der Waals surface area (Å²) >= 11 is 0. The van der Waals surface area contributed by atoms with Gasteiger partial charge in [0.2, 0.25) is 6.79 Å². The van der Waals surface area contributed by atoms with Crippen LogP contribution in [-0.4, -0.2) is 120 Å². The van der Waals surface area contributed by atoms with Gasteiger partial charge in [-0.3, -0.25) is 9.59 Å². The number of carbonyl (C=O) groups excluding carboxylic acids is 3. The largest absolute Gasteiger partial charge is 0.456 e. The summed E-state index contributed by atoms with van der Waals surface area (Å²) in [5.41, 5.74) is -1.68. The van der Waals surface area contributed by atoms with E-state index in [1.807, 2.05) is 20.8 Å². The molecule has 0 radical (unpaired) electrons. The van der Waals surface area contributed by atoms with Gasteiger partial charge in [0.05, 0.1) is 24.4 Å². The minimum atomic E-state index is -1.63. The van der Waals surface area contributed by atoms with Crippen molar-refractivity contribution >= 4 is 17.7 Å². The van der Waals surface area contributed by atoms with E-state index in [1.54, 1.807) is 18.2 Å². The highest BCUT2D eigenvalue weighted by Crippen LogP contribution is 2.69. The third kappa shape index (κ3) is 5.75. The molecule has 6 aliphatic rings. The molecule has 1 aromatic carbocycles. The van der Waals surface area contributed by atoms with Crippen molar-refractivity contribution in [1.29, 1.82) is 0 Å². The van der Waals surface area contributed by atoms with Crippen LogP contribution in [0.3, 0.4) is 0 Å². The van der Waals surface area contributed by atoms with Gasteiger partial charge in [0.15, 0.2) is 36.0 Å². The van der Waals surface area contributed by atoms with Crippen molar-refractivity contribution in [3.05, 3.63) is 23.8 Å². The van der Waals surface area contributed by atoms with Gasteiger partial charge in [0.1, 0.15) is 30.5 Å². The summed E-state index contributed by atoms with van der Waals surface area (Å²) in [5.74, 6) is -1.93. The van der Waals surface area contributed by atoms with Crippen LogP contribution in [-0.2, 0) is 38.0 Å². The lowest BCUT2D eigenvalue weighted by Gasteiger charge is -2.69. The molecule has 15 heteroatoms. The Morgan fingerprint density at radius 2 is 1.71 bits per heavy atom. The Kier molecular flexibility index (Phi) is 9.66. The van der Waals surface area contributed by atoms with Crippen molar-refractivity contribution < 1.29 is 72.7 Å². The number of methoxy groups -OCH3 is 1. The number of benzene rings is 1. The van der Waals surface area contributed by atoms with E-state index in [0.717, 1.165) is 0 Å². The third-order valence-electron chi connectivity index (χ3n) is 12.9. The Bertz CT molecular complexity index is 1520. The lowest BCUT2D eigenvalue weighted by molar-refractivity contribution is -0.380. The number of ether oxygens (including phenoxy) is 8. The molecule has 0 unspecified atom stereocenters. The summed E-state index contributed by atoms with van der Waals surface area (Å²) < 4.78 is 47.7. The summed E-state index contributed by atoms with van der Waals surface area (Å²) in [7, 11) is 1.54. The Morgan fingerprint density at radius 1 is 0.961 bits per heavy atom. The summed E-state index contributed by atoms with van der Waals surface area (Å²) in [5, 5.41) is 41.2. The molecule has 5 fully saturated rings. The predicted octanol–water partition coefficient (Wildman–Crippen LogP) is 1.10. The number of hydrogen-bond acceptors (Lipinski definition) is 15. The molecule has 7 rings (SSSR count). The standard InChI is InChI=1S/C36H48O15/c1-15-19-12-25(50-34-28(41)27(40)26(39)23(13-37)48-34)49-24-11-18-7-9-21(47-16(2)38)32(42)35(18,3)31(36(19,24)4)30(29(15)44-5)51-33(43)17-6-8-20-22(10-17)46-14-45-20/h6,8,10,15,18-19,21,23-31,34,37,39-41H,7,9,11-14H2,1-5H3/t15-,18-,19+,21+,23-,24-,25+,26-,27+,28-,29+,30-,31-,34+,35+,36-/m1/s1. The molecule has 2 saturated heterocycles. The van der Waals surface area contributed by atoms with Crippen LogP contribution in [0, 0.1) is 34.5 Å². The zero-order valence-electron chi connectivity index (χ0n) is 29.3. The maximum Gasteiger partial charge on any atom is 0.338 e. The van der Waals surface area contributed by atoms with Gasteiger partial charge in [-0.1, -0.05) is 20.8 Å². The molecule has 282 valence electrons. The maximum atomic E-state index is 14.7. The summed E-state index contributed by atoms with van der Waals surface area (Å²) in [4.78, 5) is 40.8. The highest BCUT2D eigenvalue weighted by Gasteiger charge is 2.73. The first-order chi connectivity index (χ1) is 24.2. The minimum Gasteiger partial charge on any atom is -0.456 e. The molecule has 51 heavy (non-hydrogen) atoms. The summed E-state index contributed by atoms with van der Waals surface area (Å²) in [6.45, 7) is 6.64. The van der Waals surface area contributed by atoms with E-state index in [0.29, 0.717) is 30.8 Å². The van der Waals surface area contributed by atoms with E-state index in [4.69, 9.17) is 37.9 Å². The van der Waals surface area contributed by atoms with Gasteiger partial charge >= 0.3 is 11.9 Å². The fourth-order valence-corrected chi connectivity index (χ4v) is 10.5. The first kappa shape index (κ1) is 36.5.